The Morgan fingerprint density at radius 2 is 2.29 bits per heavy atom. The van der Waals surface area contributed by atoms with Gasteiger partial charge in [0.25, 0.3) is 0 Å². The molecule has 0 saturated heterocycles. The van der Waals surface area contributed by atoms with E-state index in [-0.39, 0.29) is 18.9 Å². The molecule has 4 nitrogen and oxygen atoms in total. The van der Waals surface area contributed by atoms with Gasteiger partial charge in [-0.3, -0.25) is 4.79 Å². The zero-order valence-electron chi connectivity index (χ0n) is 7.99. The molecule has 4 heteroatoms. The third-order valence-corrected chi connectivity index (χ3v) is 1.93. The summed E-state index contributed by atoms with van der Waals surface area (Å²) < 4.78 is 5.01. The quantitative estimate of drug-likeness (QED) is 0.679. The van der Waals surface area contributed by atoms with Crippen LogP contribution in [0.5, 0.6) is 5.75 Å². The number of aliphatic hydroxyl groups excluding tert-OH is 1. The highest BCUT2D eigenvalue weighted by molar-refractivity contribution is 6.00. The topological polar surface area (TPSA) is 72.5 Å². The lowest BCUT2D eigenvalue weighted by atomic mass is 10.1. The number of methoxy groups -OCH3 is 1. The number of benzene rings is 1. The summed E-state index contributed by atoms with van der Waals surface area (Å²) in [6, 6.07) is 4.94. The van der Waals surface area contributed by atoms with Gasteiger partial charge in [0, 0.05) is 0 Å². The molecule has 0 unspecified atom stereocenters. The molecule has 76 valence electrons. The lowest BCUT2D eigenvalue weighted by Crippen LogP contribution is -2.14. The zero-order valence-corrected chi connectivity index (χ0v) is 7.99. The molecule has 3 N–H and O–H groups in total. The Morgan fingerprint density at radius 1 is 1.57 bits per heavy atom. The first-order chi connectivity index (χ1) is 6.72. The highest BCUT2D eigenvalue weighted by Gasteiger charge is 2.10. The first kappa shape index (κ1) is 10.7. The molecule has 1 rings (SSSR count). The number of nitrogens with two attached hydrogens (primary N) is 1. The van der Waals surface area contributed by atoms with E-state index in [1.807, 2.05) is 0 Å². The molecule has 0 amide bonds. The van der Waals surface area contributed by atoms with Gasteiger partial charge in [-0.15, -0.1) is 0 Å². The van der Waals surface area contributed by atoms with Gasteiger partial charge in [0.15, 0.2) is 5.78 Å². The van der Waals surface area contributed by atoms with Crippen LogP contribution in [0.3, 0.4) is 0 Å². The number of ether oxygens (including phenoxy) is 1. The fourth-order valence-electron chi connectivity index (χ4n) is 1.18. The number of carbonyl (C=O) groups is 1. The smallest absolute Gasteiger partial charge is 0.180 e. The molecule has 0 aromatic heterocycles. The molecule has 0 heterocycles. The Bertz CT molecular complexity index is 336. The molecule has 0 saturated carbocycles. The molecule has 1 aromatic rings. The van der Waals surface area contributed by atoms with Crippen LogP contribution in [0, 0.1) is 0 Å². The minimum Gasteiger partial charge on any atom is -0.496 e. The molecule has 0 aliphatic rings. The molecule has 0 spiro atoms. The van der Waals surface area contributed by atoms with Gasteiger partial charge in [-0.1, -0.05) is 6.07 Å². The second-order valence-corrected chi connectivity index (χ2v) is 2.82. The standard InChI is InChI=1S/C10H13NO3/c1-14-10-3-2-7(6-12)4-8(10)9(13)5-11/h2-4,12H,5-6,11H2,1H3. The molecule has 1 aromatic carbocycles. The van der Waals surface area contributed by atoms with E-state index >= 15 is 0 Å². The fourth-order valence-corrected chi connectivity index (χ4v) is 1.18. The third-order valence-electron chi connectivity index (χ3n) is 1.93. The zero-order chi connectivity index (χ0) is 10.6. The maximum atomic E-state index is 11.4. The van der Waals surface area contributed by atoms with Crippen LogP contribution in [0.25, 0.3) is 0 Å². The van der Waals surface area contributed by atoms with Crippen molar-refractivity contribution in [2.24, 2.45) is 5.73 Å². The highest BCUT2D eigenvalue weighted by atomic mass is 16.5. The predicted octanol–water partition coefficient (Wildman–Crippen LogP) is 0.329. The lowest BCUT2D eigenvalue weighted by Gasteiger charge is -2.07. The second-order valence-electron chi connectivity index (χ2n) is 2.82. The maximum absolute atomic E-state index is 11.4. The van der Waals surface area contributed by atoms with Crippen LogP contribution >= 0.6 is 0 Å². The van der Waals surface area contributed by atoms with E-state index in [0.29, 0.717) is 16.9 Å². The van der Waals surface area contributed by atoms with Crippen molar-refractivity contribution in [2.45, 2.75) is 6.61 Å². The van der Waals surface area contributed by atoms with Crippen LogP contribution in [0.1, 0.15) is 15.9 Å². The lowest BCUT2D eigenvalue weighted by molar-refractivity contribution is 0.0998. The summed E-state index contributed by atoms with van der Waals surface area (Å²) in [6.07, 6.45) is 0. The maximum Gasteiger partial charge on any atom is 0.180 e. The SMILES string of the molecule is COc1ccc(CO)cc1C(=O)CN. The number of carbonyl (C=O) groups excluding carboxylic acids is 1. The number of rotatable bonds is 4. The molecule has 0 bridgehead atoms. The van der Waals surface area contributed by atoms with Crippen molar-refractivity contribution in [2.75, 3.05) is 13.7 Å². The van der Waals surface area contributed by atoms with Gasteiger partial charge >= 0.3 is 0 Å². The van der Waals surface area contributed by atoms with Crippen LogP contribution in [-0.2, 0) is 6.61 Å². The van der Waals surface area contributed by atoms with Crippen molar-refractivity contribution in [3.63, 3.8) is 0 Å². The molecule has 0 atom stereocenters. The van der Waals surface area contributed by atoms with Crippen molar-refractivity contribution in [3.8, 4) is 5.75 Å². The van der Waals surface area contributed by atoms with Gasteiger partial charge in [-0.25, -0.2) is 0 Å². The summed E-state index contributed by atoms with van der Waals surface area (Å²) in [6.45, 7) is -0.167. The van der Waals surface area contributed by atoms with Crippen molar-refractivity contribution < 1.29 is 14.6 Å². The number of Topliss-reactive ketones (excluding diaryl/α,β-unsaturated/α-hetero) is 1. The fraction of sp³-hybridized carbons (Fsp3) is 0.300. The van der Waals surface area contributed by atoms with Gasteiger partial charge in [0.05, 0.1) is 25.8 Å². The first-order valence-electron chi connectivity index (χ1n) is 4.24. The van der Waals surface area contributed by atoms with Crippen molar-refractivity contribution in [1.29, 1.82) is 0 Å². The predicted molar refractivity (Wildman–Crippen MR) is 52.3 cm³/mol. The number of ketones is 1. The van der Waals surface area contributed by atoms with E-state index in [4.69, 9.17) is 15.6 Å². The highest BCUT2D eigenvalue weighted by Crippen LogP contribution is 2.20. The summed E-state index contributed by atoms with van der Waals surface area (Å²) in [7, 11) is 1.49. The van der Waals surface area contributed by atoms with Gasteiger partial charge in [0.1, 0.15) is 5.75 Å². The number of hydrogen-bond donors (Lipinski definition) is 2. The Kier molecular flexibility index (Phi) is 3.62. The van der Waals surface area contributed by atoms with E-state index in [0.717, 1.165) is 0 Å². The van der Waals surface area contributed by atoms with Crippen molar-refractivity contribution in [1.82, 2.24) is 0 Å². The van der Waals surface area contributed by atoms with Gasteiger partial charge in [0.2, 0.25) is 0 Å². The molecule has 0 aliphatic heterocycles. The van der Waals surface area contributed by atoms with E-state index in [2.05, 4.69) is 0 Å². The molecule has 0 fully saturated rings. The molecule has 14 heavy (non-hydrogen) atoms. The average Bonchev–Trinajstić information content (AvgIpc) is 2.27. The molecular weight excluding hydrogens is 182 g/mol. The van der Waals surface area contributed by atoms with Crippen LogP contribution in [0.15, 0.2) is 18.2 Å². The Labute approximate surface area is 82.3 Å². The first-order valence-corrected chi connectivity index (χ1v) is 4.24. The summed E-state index contributed by atoms with van der Waals surface area (Å²) in [4.78, 5) is 11.4. The van der Waals surface area contributed by atoms with Crippen LogP contribution in [-0.4, -0.2) is 24.5 Å². The summed E-state index contributed by atoms with van der Waals surface area (Å²) in [5, 5.41) is 8.90. The minimum atomic E-state index is -0.197. The van der Waals surface area contributed by atoms with E-state index in [1.165, 1.54) is 7.11 Å². The van der Waals surface area contributed by atoms with Gasteiger partial charge in [-0.2, -0.15) is 0 Å². The van der Waals surface area contributed by atoms with Gasteiger partial charge in [-0.05, 0) is 17.7 Å². The van der Waals surface area contributed by atoms with Crippen molar-refractivity contribution in [3.05, 3.63) is 29.3 Å². The third kappa shape index (κ3) is 2.10. The normalized spacial score (nSPS) is 9.93. The van der Waals surface area contributed by atoms with Crippen LogP contribution < -0.4 is 10.5 Å². The summed E-state index contributed by atoms with van der Waals surface area (Å²) >= 11 is 0. The summed E-state index contributed by atoms with van der Waals surface area (Å²) in [5.74, 6) is 0.287. The summed E-state index contributed by atoms with van der Waals surface area (Å²) in [5.41, 5.74) is 6.34. The van der Waals surface area contributed by atoms with E-state index < -0.39 is 0 Å². The Morgan fingerprint density at radius 3 is 2.79 bits per heavy atom. The second kappa shape index (κ2) is 4.74. The Balaban J connectivity index is 3.14. The van der Waals surface area contributed by atoms with Crippen LogP contribution in [0.4, 0.5) is 0 Å². The van der Waals surface area contributed by atoms with Crippen LogP contribution in [0.2, 0.25) is 0 Å². The molecular formula is C10H13NO3. The number of hydrogen-bond acceptors (Lipinski definition) is 4. The molecule has 0 aliphatic carbocycles. The largest absolute Gasteiger partial charge is 0.496 e. The Hall–Kier alpha value is -1.39. The van der Waals surface area contributed by atoms with E-state index in [9.17, 15) is 4.79 Å². The van der Waals surface area contributed by atoms with Gasteiger partial charge < -0.3 is 15.6 Å². The average molecular weight is 195 g/mol. The van der Waals surface area contributed by atoms with Crippen molar-refractivity contribution >= 4 is 5.78 Å². The minimum absolute atomic E-state index is 0.0642. The number of aliphatic hydroxyl groups is 1. The van der Waals surface area contributed by atoms with E-state index in [1.54, 1.807) is 18.2 Å². The monoisotopic (exact) mass is 195 g/mol. The molecule has 0 radical (unpaired) electrons.